The lowest BCUT2D eigenvalue weighted by Crippen LogP contribution is -2.33. The second-order valence-electron chi connectivity index (χ2n) is 4.75. The first kappa shape index (κ1) is 16.0. The Morgan fingerprint density at radius 1 is 1.32 bits per heavy atom. The van der Waals surface area contributed by atoms with Crippen molar-refractivity contribution >= 4 is 17.6 Å². The average Bonchev–Trinajstić information content (AvgIpc) is 2.38. The van der Waals surface area contributed by atoms with Gasteiger partial charge in [-0.2, -0.15) is 0 Å². The van der Waals surface area contributed by atoms with E-state index in [1.165, 1.54) is 5.56 Å². The lowest BCUT2D eigenvalue weighted by molar-refractivity contribution is -0.144. The fraction of sp³-hybridized carbons (Fsp3) is 0.533. The molecule has 3 nitrogen and oxygen atoms in total. The van der Waals surface area contributed by atoms with Crippen LogP contribution in [0.1, 0.15) is 38.8 Å². The van der Waals surface area contributed by atoms with Gasteiger partial charge in [0.1, 0.15) is 0 Å². The highest BCUT2D eigenvalue weighted by atomic mass is 35.5. The van der Waals surface area contributed by atoms with Gasteiger partial charge in [-0.3, -0.25) is 9.69 Å². The van der Waals surface area contributed by atoms with Gasteiger partial charge in [0.25, 0.3) is 0 Å². The Morgan fingerprint density at radius 3 is 2.42 bits per heavy atom. The lowest BCUT2D eigenvalue weighted by Gasteiger charge is -2.30. The van der Waals surface area contributed by atoms with E-state index in [-0.39, 0.29) is 18.1 Å². The van der Waals surface area contributed by atoms with Gasteiger partial charge in [-0.15, -0.1) is 0 Å². The van der Waals surface area contributed by atoms with Crippen molar-refractivity contribution in [3.05, 3.63) is 34.9 Å². The van der Waals surface area contributed by atoms with Gasteiger partial charge >= 0.3 is 5.97 Å². The molecule has 0 aliphatic carbocycles. The van der Waals surface area contributed by atoms with Crippen LogP contribution in [-0.4, -0.2) is 30.6 Å². The van der Waals surface area contributed by atoms with E-state index in [1.807, 2.05) is 45.2 Å². The third-order valence-corrected chi connectivity index (χ3v) is 3.68. The first-order valence-electron chi connectivity index (χ1n) is 6.58. The summed E-state index contributed by atoms with van der Waals surface area (Å²) in [4.78, 5) is 13.7. The summed E-state index contributed by atoms with van der Waals surface area (Å²) in [7, 11) is 2.02. The minimum atomic E-state index is -0.148. The molecule has 0 aliphatic heterocycles. The summed E-state index contributed by atoms with van der Waals surface area (Å²) >= 11 is 5.89. The number of halogens is 1. The van der Waals surface area contributed by atoms with Crippen LogP contribution in [0.25, 0.3) is 0 Å². The molecular formula is C15H22ClNO2. The van der Waals surface area contributed by atoms with Gasteiger partial charge in [0.15, 0.2) is 0 Å². The highest BCUT2D eigenvalue weighted by molar-refractivity contribution is 6.30. The zero-order valence-electron chi connectivity index (χ0n) is 12.0. The van der Waals surface area contributed by atoms with E-state index in [1.54, 1.807) is 0 Å². The molecule has 106 valence electrons. The van der Waals surface area contributed by atoms with Crippen LogP contribution in [0.15, 0.2) is 24.3 Å². The molecule has 19 heavy (non-hydrogen) atoms. The van der Waals surface area contributed by atoms with Gasteiger partial charge in [0.2, 0.25) is 0 Å². The summed E-state index contributed by atoms with van der Waals surface area (Å²) < 4.78 is 4.98. The van der Waals surface area contributed by atoms with E-state index < -0.39 is 0 Å². The van der Waals surface area contributed by atoms with E-state index in [9.17, 15) is 4.79 Å². The third kappa shape index (κ3) is 4.84. The molecule has 0 N–H and O–H groups in total. The smallest absolute Gasteiger partial charge is 0.307 e. The van der Waals surface area contributed by atoms with Crippen molar-refractivity contribution < 1.29 is 9.53 Å². The van der Waals surface area contributed by atoms with E-state index in [4.69, 9.17) is 16.3 Å². The van der Waals surface area contributed by atoms with Crippen LogP contribution >= 0.6 is 11.6 Å². The summed E-state index contributed by atoms with van der Waals surface area (Å²) in [5.41, 5.74) is 1.18. The number of rotatable bonds is 6. The molecule has 1 rings (SSSR count). The van der Waals surface area contributed by atoms with Gasteiger partial charge < -0.3 is 4.74 Å². The Morgan fingerprint density at radius 2 is 1.89 bits per heavy atom. The molecule has 1 aromatic carbocycles. The highest BCUT2D eigenvalue weighted by Crippen LogP contribution is 2.23. The van der Waals surface area contributed by atoms with Crippen LogP contribution in [0.3, 0.4) is 0 Å². The summed E-state index contributed by atoms with van der Waals surface area (Å²) in [5.74, 6) is -0.148. The van der Waals surface area contributed by atoms with Crippen LogP contribution in [0.4, 0.5) is 0 Å². The molecule has 1 aromatic rings. The predicted octanol–water partition coefficient (Wildman–Crippen LogP) is 3.67. The molecule has 0 saturated heterocycles. The van der Waals surface area contributed by atoms with Crippen LogP contribution in [0.2, 0.25) is 5.02 Å². The van der Waals surface area contributed by atoms with Crippen molar-refractivity contribution in [2.24, 2.45) is 0 Å². The first-order valence-corrected chi connectivity index (χ1v) is 6.96. The van der Waals surface area contributed by atoms with E-state index >= 15 is 0 Å². The number of ether oxygens (including phenoxy) is 1. The van der Waals surface area contributed by atoms with E-state index in [0.717, 1.165) is 5.02 Å². The van der Waals surface area contributed by atoms with Crippen molar-refractivity contribution in [1.82, 2.24) is 4.90 Å². The quantitative estimate of drug-likeness (QED) is 0.746. The Balaban J connectivity index is 2.62. The number of carbonyl (C=O) groups is 1. The van der Waals surface area contributed by atoms with Gasteiger partial charge in [-0.1, -0.05) is 23.7 Å². The zero-order valence-corrected chi connectivity index (χ0v) is 12.8. The third-order valence-electron chi connectivity index (χ3n) is 3.43. The summed E-state index contributed by atoms with van der Waals surface area (Å²) in [5, 5.41) is 0.734. The molecule has 4 heteroatoms. The average molecular weight is 284 g/mol. The maximum Gasteiger partial charge on any atom is 0.307 e. The number of carbonyl (C=O) groups excluding carboxylic acids is 1. The van der Waals surface area contributed by atoms with E-state index in [0.29, 0.717) is 13.0 Å². The minimum Gasteiger partial charge on any atom is -0.466 e. The first-order chi connectivity index (χ1) is 8.95. The summed E-state index contributed by atoms with van der Waals surface area (Å²) in [6.45, 7) is 6.40. The summed E-state index contributed by atoms with van der Waals surface area (Å²) in [6.07, 6.45) is 0.405. The number of nitrogens with zero attached hydrogens (tertiary/aromatic N) is 1. The molecule has 0 heterocycles. The maximum absolute atomic E-state index is 11.5. The molecule has 0 bridgehead atoms. The monoisotopic (exact) mass is 283 g/mol. The normalized spacial score (nSPS) is 14.2. The fourth-order valence-corrected chi connectivity index (χ4v) is 2.09. The largest absolute Gasteiger partial charge is 0.466 e. The molecule has 0 saturated carbocycles. The number of esters is 1. The SMILES string of the molecule is CCOC(=O)CC(C)N(C)C(C)c1ccc(Cl)cc1. The van der Waals surface area contributed by atoms with Crippen LogP contribution in [0, 0.1) is 0 Å². The maximum atomic E-state index is 11.5. The van der Waals surface area contributed by atoms with Gasteiger partial charge in [0, 0.05) is 17.1 Å². The zero-order chi connectivity index (χ0) is 14.4. The molecule has 0 fully saturated rings. The van der Waals surface area contributed by atoms with Crippen molar-refractivity contribution in [2.45, 2.75) is 39.3 Å². The minimum absolute atomic E-state index is 0.129. The van der Waals surface area contributed by atoms with Gasteiger partial charge in [-0.05, 0) is 45.5 Å². The molecule has 2 atom stereocenters. The Labute approximate surface area is 120 Å². The molecular weight excluding hydrogens is 262 g/mol. The van der Waals surface area contributed by atoms with Crippen molar-refractivity contribution in [1.29, 1.82) is 0 Å². The number of benzene rings is 1. The Kier molecular flexibility index (Phi) is 6.32. The predicted molar refractivity (Wildman–Crippen MR) is 78.3 cm³/mol. The van der Waals surface area contributed by atoms with E-state index in [2.05, 4.69) is 11.8 Å². The van der Waals surface area contributed by atoms with Gasteiger partial charge in [0.05, 0.1) is 13.0 Å². The molecule has 0 aliphatic rings. The molecule has 0 aromatic heterocycles. The Hall–Kier alpha value is -1.06. The van der Waals surface area contributed by atoms with Crippen LogP contribution < -0.4 is 0 Å². The molecule has 0 amide bonds. The Bertz CT molecular complexity index is 405. The van der Waals surface area contributed by atoms with Crippen LogP contribution in [-0.2, 0) is 9.53 Å². The highest BCUT2D eigenvalue weighted by Gasteiger charge is 2.20. The van der Waals surface area contributed by atoms with Gasteiger partial charge in [-0.25, -0.2) is 0 Å². The molecule has 0 radical (unpaired) electrons. The standard InChI is InChI=1S/C15H22ClNO2/c1-5-19-15(18)10-11(2)17(4)12(3)13-6-8-14(16)9-7-13/h6-9,11-12H,5,10H2,1-4H3. The fourth-order valence-electron chi connectivity index (χ4n) is 1.96. The second-order valence-corrected chi connectivity index (χ2v) is 5.19. The van der Waals surface area contributed by atoms with Crippen molar-refractivity contribution in [2.75, 3.05) is 13.7 Å². The summed E-state index contributed by atoms with van der Waals surface area (Å²) in [6, 6.07) is 8.15. The van der Waals surface area contributed by atoms with Crippen molar-refractivity contribution in [3.63, 3.8) is 0 Å². The topological polar surface area (TPSA) is 29.5 Å². The molecule has 2 unspecified atom stereocenters. The lowest BCUT2D eigenvalue weighted by atomic mass is 10.1. The van der Waals surface area contributed by atoms with Crippen LogP contribution in [0.5, 0.6) is 0 Å². The number of hydrogen-bond donors (Lipinski definition) is 0. The number of hydrogen-bond acceptors (Lipinski definition) is 3. The van der Waals surface area contributed by atoms with Crippen molar-refractivity contribution in [3.8, 4) is 0 Å². The molecule has 0 spiro atoms. The second kappa shape index (κ2) is 7.51.